The van der Waals surface area contributed by atoms with E-state index in [0.717, 1.165) is 40.7 Å². The van der Waals surface area contributed by atoms with Crippen LogP contribution < -0.4 is 4.90 Å². The summed E-state index contributed by atoms with van der Waals surface area (Å²) in [4.78, 5) is 7.20. The third-order valence-electron chi connectivity index (χ3n) is 4.71. The number of nitrogens with zero attached hydrogens (tertiary/aromatic N) is 2. The molecule has 0 spiro atoms. The molecule has 0 atom stereocenters. The zero-order valence-electron chi connectivity index (χ0n) is 14.3. The quantitative estimate of drug-likeness (QED) is 0.281. The molecule has 0 aliphatic heterocycles. The van der Waals surface area contributed by atoms with Crippen LogP contribution in [0.2, 0.25) is 0 Å². The second-order valence-electron chi connectivity index (χ2n) is 6.12. The molecule has 1 heterocycles. The third-order valence-corrected chi connectivity index (χ3v) is 4.71. The summed E-state index contributed by atoms with van der Waals surface area (Å²) in [7, 11) is 0. The van der Waals surface area contributed by atoms with Crippen LogP contribution in [-0.4, -0.2) is 18.1 Å². The van der Waals surface area contributed by atoms with Gasteiger partial charge >= 0.3 is 11.2 Å². The number of benzene rings is 3. The first-order valence-corrected chi connectivity index (χ1v) is 8.52. The fraction of sp³-hybridized carbons (Fsp3) is 0.238. The number of anilines is 1. The van der Waals surface area contributed by atoms with Crippen LogP contribution in [0, 0.1) is 6.92 Å². The van der Waals surface area contributed by atoms with Gasteiger partial charge in [0.15, 0.2) is 11.0 Å². The molecule has 0 aliphatic rings. The van der Waals surface area contributed by atoms with Crippen LogP contribution in [0.3, 0.4) is 0 Å². The van der Waals surface area contributed by atoms with Gasteiger partial charge in [0.25, 0.3) is 0 Å². The van der Waals surface area contributed by atoms with Crippen LogP contribution in [0.25, 0.3) is 33.0 Å². The summed E-state index contributed by atoms with van der Waals surface area (Å²) in [6, 6.07) is 16.7. The van der Waals surface area contributed by atoms with Crippen molar-refractivity contribution in [1.82, 2.24) is 4.98 Å². The van der Waals surface area contributed by atoms with Crippen LogP contribution in [0.5, 0.6) is 0 Å². The summed E-state index contributed by atoms with van der Waals surface area (Å²) in [5.74, 6) is 0. The van der Waals surface area contributed by atoms with E-state index in [4.69, 9.17) is 9.40 Å². The molecule has 0 amide bonds. The minimum atomic E-state index is 0.835. The molecule has 4 aromatic rings. The van der Waals surface area contributed by atoms with Gasteiger partial charge in [0, 0.05) is 30.2 Å². The molecule has 0 radical (unpaired) electrons. The molecule has 0 fully saturated rings. The summed E-state index contributed by atoms with van der Waals surface area (Å²) >= 11 is 0. The maximum Gasteiger partial charge on any atom is 0.381 e. The van der Waals surface area contributed by atoms with E-state index < -0.39 is 0 Å². The molecule has 0 saturated heterocycles. The first-order chi connectivity index (χ1) is 11.7. The molecule has 0 N–H and O–H groups in total. The number of rotatable bonds is 3. The highest BCUT2D eigenvalue weighted by molar-refractivity contribution is 6.06. The SMILES string of the molecule is CCN(CC)c1ccc2nc3c(cc(C)c4ccccc43)[o+]c2c1. The predicted molar refractivity (Wildman–Crippen MR) is 102 cm³/mol. The van der Waals surface area contributed by atoms with E-state index in [1.807, 2.05) is 0 Å². The molecule has 4 rings (SSSR count). The van der Waals surface area contributed by atoms with Crippen LogP contribution >= 0.6 is 0 Å². The Balaban J connectivity index is 2.02. The maximum absolute atomic E-state index is 6.23. The lowest BCUT2D eigenvalue weighted by Gasteiger charge is -2.19. The van der Waals surface area contributed by atoms with Crippen molar-refractivity contribution < 1.29 is 4.42 Å². The molecule has 0 unspecified atom stereocenters. The Morgan fingerprint density at radius 3 is 2.42 bits per heavy atom. The molecule has 3 heteroatoms. The van der Waals surface area contributed by atoms with Crippen molar-refractivity contribution in [3.63, 3.8) is 0 Å². The number of aromatic nitrogens is 1. The molecule has 0 bridgehead atoms. The van der Waals surface area contributed by atoms with Crippen molar-refractivity contribution in [2.45, 2.75) is 20.8 Å². The zero-order valence-corrected chi connectivity index (χ0v) is 14.3. The van der Waals surface area contributed by atoms with Gasteiger partial charge in [0.1, 0.15) is 0 Å². The first kappa shape index (κ1) is 14.9. The lowest BCUT2D eigenvalue weighted by Crippen LogP contribution is -2.21. The highest BCUT2D eigenvalue weighted by Crippen LogP contribution is 2.30. The molecule has 0 aliphatic carbocycles. The van der Waals surface area contributed by atoms with E-state index in [1.165, 1.54) is 16.6 Å². The highest BCUT2D eigenvalue weighted by atomic mass is 16.3. The van der Waals surface area contributed by atoms with Crippen LogP contribution in [0.4, 0.5) is 5.69 Å². The van der Waals surface area contributed by atoms with Gasteiger partial charge < -0.3 is 4.90 Å². The van der Waals surface area contributed by atoms with Gasteiger partial charge in [-0.15, -0.1) is 0 Å². The summed E-state index contributed by atoms with van der Waals surface area (Å²) < 4.78 is 6.23. The smallest absolute Gasteiger partial charge is 0.372 e. The van der Waals surface area contributed by atoms with Crippen LogP contribution in [0.15, 0.2) is 52.9 Å². The Bertz CT molecular complexity index is 1050. The lowest BCUT2D eigenvalue weighted by atomic mass is 10.0. The molecule has 3 aromatic carbocycles. The maximum atomic E-state index is 6.23. The van der Waals surface area contributed by atoms with Crippen molar-refractivity contribution in [2.24, 2.45) is 0 Å². The second kappa shape index (κ2) is 5.75. The van der Waals surface area contributed by atoms with E-state index in [9.17, 15) is 0 Å². The Labute approximate surface area is 141 Å². The van der Waals surface area contributed by atoms with Crippen molar-refractivity contribution in [2.75, 3.05) is 18.0 Å². The second-order valence-corrected chi connectivity index (χ2v) is 6.12. The van der Waals surface area contributed by atoms with E-state index in [0.29, 0.717) is 0 Å². The number of hydrogen-bond donors (Lipinski definition) is 0. The number of fused-ring (bicyclic) bond motifs is 4. The van der Waals surface area contributed by atoms with Gasteiger partial charge in [-0.2, -0.15) is 0 Å². The third kappa shape index (κ3) is 2.28. The van der Waals surface area contributed by atoms with Crippen LogP contribution in [0.1, 0.15) is 19.4 Å². The van der Waals surface area contributed by atoms with Gasteiger partial charge in [-0.25, -0.2) is 9.40 Å². The molecule has 120 valence electrons. The van der Waals surface area contributed by atoms with Crippen molar-refractivity contribution in [3.05, 3.63) is 54.1 Å². The average Bonchev–Trinajstić information content (AvgIpc) is 2.62. The fourth-order valence-electron chi connectivity index (χ4n) is 3.40. The largest absolute Gasteiger partial charge is 0.381 e. The Morgan fingerprint density at radius 1 is 0.917 bits per heavy atom. The van der Waals surface area contributed by atoms with E-state index in [1.54, 1.807) is 0 Å². The standard InChI is InChI=1S/C21H21N2O/c1-4-23(5-2)15-10-11-18-19(13-15)24-20-12-14(3)16-8-6-7-9-17(16)21(20)22-18/h6-13H,4-5H2,1-3H3/q+1. The van der Waals surface area contributed by atoms with E-state index >= 15 is 0 Å². The molecule has 0 saturated carbocycles. The van der Waals surface area contributed by atoms with Gasteiger partial charge in [-0.3, -0.25) is 0 Å². The lowest BCUT2D eigenvalue weighted by molar-refractivity contribution is 0.656. The monoisotopic (exact) mass is 317 g/mol. The van der Waals surface area contributed by atoms with Gasteiger partial charge in [-0.05, 0) is 43.9 Å². The Hall–Kier alpha value is -2.68. The Morgan fingerprint density at radius 2 is 1.67 bits per heavy atom. The van der Waals surface area contributed by atoms with Crippen LogP contribution in [-0.2, 0) is 0 Å². The van der Waals surface area contributed by atoms with Crippen molar-refractivity contribution in [1.29, 1.82) is 0 Å². The van der Waals surface area contributed by atoms with Gasteiger partial charge in [-0.1, -0.05) is 24.3 Å². The summed E-state index contributed by atoms with van der Waals surface area (Å²) in [6.07, 6.45) is 0. The van der Waals surface area contributed by atoms with E-state index in [-0.39, 0.29) is 0 Å². The zero-order chi connectivity index (χ0) is 16.7. The molecule has 3 nitrogen and oxygen atoms in total. The van der Waals surface area contributed by atoms with Crippen molar-refractivity contribution >= 4 is 38.7 Å². The van der Waals surface area contributed by atoms with E-state index in [2.05, 4.69) is 74.2 Å². The van der Waals surface area contributed by atoms with Gasteiger partial charge in [0.2, 0.25) is 0 Å². The minimum Gasteiger partial charge on any atom is -0.372 e. The Kier molecular flexibility index (Phi) is 3.57. The topological polar surface area (TPSA) is 27.4 Å². The number of hydrogen-bond acceptors (Lipinski definition) is 2. The summed E-state index contributed by atoms with van der Waals surface area (Å²) in [5.41, 5.74) is 5.89. The normalized spacial score (nSPS) is 11.5. The molecule has 1 aromatic heterocycles. The summed E-state index contributed by atoms with van der Waals surface area (Å²) in [6.45, 7) is 8.41. The molecule has 24 heavy (non-hydrogen) atoms. The predicted octanol–water partition coefficient (Wildman–Crippen LogP) is 5.57. The fourth-order valence-corrected chi connectivity index (χ4v) is 3.40. The first-order valence-electron chi connectivity index (χ1n) is 8.52. The van der Waals surface area contributed by atoms with Gasteiger partial charge in [0.05, 0.1) is 6.07 Å². The summed E-state index contributed by atoms with van der Waals surface area (Å²) in [5, 5.41) is 2.37. The van der Waals surface area contributed by atoms with Crippen molar-refractivity contribution in [3.8, 4) is 0 Å². The number of aryl methyl sites for hydroxylation is 1. The molecular formula is C21H21N2O+. The highest BCUT2D eigenvalue weighted by Gasteiger charge is 2.18. The minimum absolute atomic E-state index is 0.835. The average molecular weight is 317 g/mol. The molecular weight excluding hydrogens is 296 g/mol.